The van der Waals surface area contributed by atoms with Crippen LogP contribution in [0.5, 0.6) is 5.75 Å². The van der Waals surface area contributed by atoms with Crippen LogP contribution in [-0.4, -0.2) is 18.9 Å². The number of rotatable bonds is 4. The summed E-state index contributed by atoms with van der Waals surface area (Å²) in [7, 11) is -4.37. The molecule has 0 aliphatic heterocycles. The minimum absolute atomic E-state index is 0.0476. The molecule has 0 amide bonds. The maximum atomic E-state index is 12.8. The Bertz CT molecular complexity index is 1130. The Morgan fingerprint density at radius 2 is 1.58 bits per heavy atom. The van der Waals surface area contributed by atoms with Gasteiger partial charge in [-0.3, -0.25) is 4.55 Å². The first-order chi connectivity index (χ1) is 14.7. The number of benzene rings is 2. The van der Waals surface area contributed by atoms with Gasteiger partial charge in [-0.1, -0.05) is 0 Å². The van der Waals surface area contributed by atoms with Crippen LogP contribution in [0.3, 0.4) is 0 Å². The lowest BCUT2D eigenvalue weighted by Gasteiger charge is -2.54. The third-order valence-electron chi connectivity index (χ3n) is 7.21. The minimum atomic E-state index is -4.37. The molecule has 0 spiro atoms. The van der Waals surface area contributed by atoms with Crippen molar-refractivity contribution < 1.29 is 22.5 Å². The molecule has 2 aromatic rings. The van der Waals surface area contributed by atoms with Crippen LogP contribution in [-0.2, 0) is 10.1 Å². The van der Waals surface area contributed by atoms with Crippen LogP contribution in [0, 0.1) is 30.8 Å². The molecule has 4 fully saturated rings. The molecular formula is C23H22I2O5S. The zero-order valence-corrected chi connectivity index (χ0v) is 21.8. The molecule has 0 radical (unpaired) electrons. The van der Waals surface area contributed by atoms with Crippen LogP contribution in [0.2, 0.25) is 0 Å². The number of hydrogen-bond acceptors (Lipinski definition) is 4. The molecule has 4 aliphatic rings. The molecule has 6 rings (SSSR count). The Labute approximate surface area is 209 Å². The van der Waals surface area contributed by atoms with E-state index < -0.39 is 16.1 Å². The predicted octanol–water partition coefficient (Wildman–Crippen LogP) is 5.90. The van der Waals surface area contributed by atoms with Gasteiger partial charge in [-0.15, -0.1) is 0 Å². The lowest BCUT2D eigenvalue weighted by Crippen LogP contribution is -2.44. The monoisotopic (exact) mass is 664 g/mol. The molecule has 4 bridgehead atoms. The minimum Gasteiger partial charge on any atom is -0.423 e. The van der Waals surface area contributed by atoms with Gasteiger partial charge >= 0.3 is 5.97 Å². The van der Waals surface area contributed by atoms with Crippen molar-refractivity contribution in [1.29, 1.82) is 0 Å². The Hall–Kier alpha value is -0.720. The normalized spacial score (nSPS) is 29.2. The Morgan fingerprint density at radius 1 is 0.935 bits per heavy atom. The third kappa shape index (κ3) is 4.29. The lowest BCUT2D eigenvalue weighted by molar-refractivity contribution is -0.00373. The lowest BCUT2D eigenvalue weighted by atomic mass is 9.51. The maximum Gasteiger partial charge on any atom is 0.344 e. The van der Waals surface area contributed by atoms with E-state index in [1.54, 1.807) is 12.1 Å². The Kier molecular flexibility index (Phi) is 5.88. The van der Waals surface area contributed by atoms with Crippen molar-refractivity contribution in [2.24, 2.45) is 23.7 Å². The van der Waals surface area contributed by atoms with Crippen LogP contribution in [0.15, 0.2) is 41.3 Å². The Morgan fingerprint density at radius 3 is 2.16 bits per heavy atom. The largest absolute Gasteiger partial charge is 0.423 e. The van der Waals surface area contributed by atoms with Crippen LogP contribution in [0.25, 0.3) is 0 Å². The predicted molar refractivity (Wildman–Crippen MR) is 133 cm³/mol. The van der Waals surface area contributed by atoms with Crippen LogP contribution < -0.4 is 4.74 Å². The smallest absolute Gasteiger partial charge is 0.344 e. The Balaban J connectivity index is 1.50. The topological polar surface area (TPSA) is 80.7 Å². The summed E-state index contributed by atoms with van der Waals surface area (Å²) in [5, 5.41) is 0. The van der Waals surface area contributed by atoms with E-state index in [1.165, 1.54) is 18.6 Å². The van der Waals surface area contributed by atoms with E-state index in [9.17, 15) is 17.8 Å². The number of hydrogen-bond donors (Lipinski definition) is 1. The maximum absolute atomic E-state index is 12.8. The van der Waals surface area contributed by atoms with Crippen molar-refractivity contribution in [3.05, 3.63) is 54.7 Å². The van der Waals surface area contributed by atoms with E-state index in [-0.39, 0.29) is 10.8 Å². The second kappa shape index (κ2) is 8.25. The highest BCUT2D eigenvalue weighted by atomic mass is 127. The van der Waals surface area contributed by atoms with E-state index in [4.69, 9.17) is 4.74 Å². The molecule has 0 atom stereocenters. The van der Waals surface area contributed by atoms with Crippen molar-refractivity contribution in [1.82, 2.24) is 0 Å². The zero-order chi connectivity index (χ0) is 21.9. The van der Waals surface area contributed by atoms with Gasteiger partial charge in [0.05, 0.1) is 10.5 Å². The molecule has 0 unspecified atom stereocenters. The van der Waals surface area contributed by atoms with Gasteiger partial charge in [-0.05, 0) is 149 Å². The quantitative estimate of drug-likeness (QED) is 0.191. The number of carbonyl (C=O) groups excluding carboxylic acids is 1. The fourth-order valence-corrected chi connectivity index (χ4v) is 8.89. The summed E-state index contributed by atoms with van der Waals surface area (Å²) in [5.74, 6) is 2.28. The molecule has 4 aliphatic carbocycles. The van der Waals surface area contributed by atoms with Gasteiger partial charge < -0.3 is 4.74 Å². The van der Waals surface area contributed by atoms with Crippen molar-refractivity contribution in [3.8, 4) is 5.75 Å². The fraction of sp³-hybridized carbons (Fsp3) is 0.435. The SMILES string of the molecule is O=C(Oc1ccc(S(=O)(=O)O)c(C2C3CC4CC(C3)CC2C4)c1)c1ccc(I)cc1I. The van der Waals surface area contributed by atoms with E-state index in [0.29, 0.717) is 28.7 Å². The van der Waals surface area contributed by atoms with Gasteiger partial charge in [0.2, 0.25) is 0 Å². The first-order valence-electron chi connectivity index (χ1n) is 10.5. The molecule has 164 valence electrons. The summed E-state index contributed by atoms with van der Waals surface area (Å²) in [5.41, 5.74) is 1.08. The van der Waals surface area contributed by atoms with Gasteiger partial charge in [0, 0.05) is 7.14 Å². The fourth-order valence-electron chi connectivity index (χ4n) is 6.34. The number of esters is 1. The molecule has 31 heavy (non-hydrogen) atoms. The van der Waals surface area contributed by atoms with Gasteiger partial charge in [-0.2, -0.15) is 8.42 Å². The van der Waals surface area contributed by atoms with Crippen LogP contribution in [0.4, 0.5) is 0 Å². The number of ether oxygens (including phenoxy) is 1. The molecule has 4 saturated carbocycles. The highest BCUT2D eigenvalue weighted by Crippen LogP contribution is 2.60. The molecular weight excluding hydrogens is 642 g/mol. The van der Waals surface area contributed by atoms with Gasteiger partial charge in [0.1, 0.15) is 5.75 Å². The van der Waals surface area contributed by atoms with Crippen molar-refractivity contribution in [3.63, 3.8) is 0 Å². The molecule has 0 saturated heterocycles. The standard InChI is InChI=1S/C23H22I2O5S/c24-16-1-3-18(20(25)10-16)23(26)30-17-2-4-21(31(27,28)29)19(11-17)22-14-6-12-5-13(8-14)9-15(22)7-12/h1-4,10-15,22H,5-9H2,(H,27,28,29). The molecule has 5 nitrogen and oxygen atoms in total. The van der Waals surface area contributed by atoms with Crippen LogP contribution in [0.1, 0.15) is 53.9 Å². The highest BCUT2D eigenvalue weighted by Gasteiger charge is 2.49. The van der Waals surface area contributed by atoms with E-state index in [0.717, 1.165) is 44.7 Å². The molecule has 8 heteroatoms. The van der Waals surface area contributed by atoms with Crippen molar-refractivity contribution >= 4 is 61.3 Å². The average Bonchev–Trinajstić information content (AvgIpc) is 2.66. The highest BCUT2D eigenvalue weighted by molar-refractivity contribution is 14.1. The summed E-state index contributed by atoms with van der Waals surface area (Å²) in [6, 6.07) is 10.0. The van der Waals surface area contributed by atoms with E-state index >= 15 is 0 Å². The molecule has 1 N–H and O–H groups in total. The van der Waals surface area contributed by atoms with Gasteiger partial charge in [0.15, 0.2) is 0 Å². The first kappa shape index (κ1) is 22.1. The van der Waals surface area contributed by atoms with Crippen molar-refractivity contribution in [2.75, 3.05) is 0 Å². The summed E-state index contributed by atoms with van der Waals surface area (Å²) in [6.07, 6.45) is 5.78. The van der Waals surface area contributed by atoms with Crippen LogP contribution >= 0.6 is 45.2 Å². The average molecular weight is 664 g/mol. The second-order valence-electron chi connectivity index (χ2n) is 9.14. The molecule has 0 aromatic heterocycles. The summed E-state index contributed by atoms with van der Waals surface area (Å²) >= 11 is 4.30. The molecule has 2 aromatic carbocycles. The first-order valence-corrected chi connectivity index (χ1v) is 14.1. The number of halogens is 2. The number of carbonyl (C=O) groups is 1. The molecule has 0 heterocycles. The van der Waals surface area contributed by atoms with E-state index in [1.807, 2.05) is 12.1 Å². The third-order valence-corrected chi connectivity index (χ3v) is 9.70. The van der Waals surface area contributed by atoms with Crippen molar-refractivity contribution in [2.45, 2.75) is 42.9 Å². The zero-order valence-electron chi connectivity index (χ0n) is 16.6. The van der Waals surface area contributed by atoms with Gasteiger partial charge in [0.25, 0.3) is 10.1 Å². The summed E-state index contributed by atoms with van der Waals surface area (Å²) < 4.78 is 41.7. The summed E-state index contributed by atoms with van der Waals surface area (Å²) in [4.78, 5) is 12.7. The second-order valence-corrected chi connectivity index (χ2v) is 12.9. The summed E-state index contributed by atoms with van der Waals surface area (Å²) in [6.45, 7) is 0. The van der Waals surface area contributed by atoms with Gasteiger partial charge in [-0.25, -0.2) is 4.79 Å². The van der Waals surface area contributed by atoms with E-state index in [2.05, 4.69) is 45.2 Å².